The molecule has 0 fully saturated rings. The van der Waals surface area contributed by atoms with Gasteiger partial charge in [0.05, 0.1) is 0 Å². The van der Waals surface area contributed by atoms with E-state index in [1.165, 1.54) is 0 Å². The predicted molar refractivity (Wildman–Crippen MR) is 92.1 cm³/mol. The average molecular weight is 305 g/mol. The minimum Gasteiger partial charge on any atom is -0.367 e. The van der Waals surface area contributed by atoms with Crippen LogP contribution in [0.3, 0.4) is 0 Å². The van der Waals surface area contributed by atoms with Crippen molar-refractivity contribution in [1.29, 1.82) is 0 Å². The van der Waals surface area contributed by atoms with Crippen molar-refractivity contribution in [2.75, 3.05) is 18.0 Å². The number of hydrogen-bond acceptors (Lipinski definition) is 3. The highest BCUT2D eigenvalue weighted by atomic mass is 16.1. The van der Waals surface area contributed by atoms with Gasteiger partial charge in [0.2, 0.25) is 0 Å². The van der Waals surface area contributed by atoms with Gasteiger partial charge in [-0.2, -0.15) is 0 Å². The van der Waals surface area contributed by atoms with Gasteiger partial charge in [-0.05, 0) is 26.0 Å². The van der Waals surface area contributed by atoms with Crippen molar-refractivity contribution in [3.05, 3.63) is 76.9 Å². The van der Waals surface area contributed by atoms with Crippen molar-refractivity contribution < 1.29 is 9.59 Å². The summed E-state index contributed by atoms with van der Waals surface area (Å²) in [5.41, 5.74) is 3.24. The number of nitrogens with zero attached hydrogens (tertiary/aromatic N) is 1. The summed E-state index contributed by atoms with van der Waals surface area (Å²) < 4.78 is 0. The number of allylic oxidation sites excluding steroid dienone is 1. The molecule has 23 heavy (non-hydrogen) atoms. The molecule has 0 bridgehead atoms. The first-order valence-corrected chi connectivity index (χ1v) is 7.81. The predicted octanol–water partition coefficient (Wildman–Crippen LogP) is 3.91. The van der Waals surface area contributed by atoms with Gasteiger partial charge in [-0.1, -0.05) is 42.5 Å². The Morgan fingerprint density at radius 3 is 2.00 bits per heavy atom. The van der Waals surface area contributed by atoms with Crippen LogP contribution in [0, 0.1) is 0 Å². The number of benzene rings is 2. The van der Waals surface area contributed by atoms with Crippen LogP contribution in [0.4, 0.5) is 5.69 Å². The Morgan fingerprint density at radius 2 is 1.39 bits per heavy atom. The summed E-state index contributed by atoms with van der Waals surface area (Å²) in [6.07, 6.45) is 0. The first-order chi connectivity index (χ1) is 11.1. The number of fused-ring (bicyclic) bond motifs is 1. The van der Waals surface area contributed by atoms with Crippen molar-refractivity contribution >= 4 is 17.3 Å². The van der Waals surface area contributed by atoms with Gasteiger partial charge in [-0.15, -0.1) is 0 Å². The van der Waals surface area contributed by atoms with Crippen LogP contribution in [0.25, 0.3) is 0 Å². The van der Waals surface area contributed by atoms with Crippen molar-refractivity contribution in [2.45, 2.75) is 13.8 Å². The zero-order chi connectivity index (χ0) is 16.4. The Hall–Kier alpha value is -2.68. The van der Waals surface area contributed by atoms with E-state index in [9.17, 15) is 9.59 Å². The highest BCUT2D eigenvalue weighted by molar-refractivity contribution is 6.27. The van der Waals surface area contributed by atoms with Crippen LogP contribution in [0.1, 0.15) is 34.6 Å². The largest absolute Gasteiger partial charge is 0.367 e. The molecule has 0 amide bonds. The molecule has 0 heterocycles. The van der Waals surface area contributed by atoms with Gasteiger partial charge in [-0.25, -0.2) is 0 Å². The monoisotopic (exact) mass is 305 g/mol. The molecule has 0 aliphatic heterocycles. The number of para-hydroxylation sites is 1. The molecule has 0 spiro atoms. The fourth-order valence-electron chi connectivity index (χ4n) is 2.96. The van der Waals surface area contributed by atoms with E-state index in [0.717, 1.165) is 12.2 Å². The third-order valence-electron chi connectivity index (χ3n) is 4.34. The van der Waals surface area contributed by atoms with Crippen LogP contribution in [-0.2, 0) is 0 Å². The lowest BCUT2D eigenvalue weighted by molar-refractivity contribution is 0.0973. The molecule has 3 nitrogen and oxygen atoms in total. The molecule has 116 valence electrons. The molecular weight excluding hydrogens is 286 g/mol. The standard InChI is InChI=1S/C20H19NO2/c1-3-21(15-9-5-4-6-10-15)13-18-14(2)19(22)16-11-7-8-12-17(16)20(18)23/h4-12H,3,13H2,1-2H3. The second kappa shape index (κ2) is 6.21. The van der Waals surface area contributed by atoms with Crippen molar-refractivity contribution in [3.8, 4) is 0 Å². The maximum absolute atomic E-state index is 12.8. The molecule has 0 radical (unpaired) electrons. The van der Waals surface area contributed by atoms with E-state index in [-0.39, 0.29) is 11.6 Å². The number of rotatable bonds is 4. The molecule has 0 atom stereocenters. The topological polar surface area (TPSA) is 37.4 Å². The first-order valence-electron chi connectivity index (χ1n) is 7.81. The van der Waals surface area contributed by atoms with Crippen molar-refractivity contribution in [1.82, 2.24) is 0 Å². The molecule has 1 aliphatic rings. The van der Waals surface area contributed by atoms with Crippen LogP contribution < -0.4 is 4.90 Å². The van der Waals surface area contributed by atoms with E-state index in [0.29, 0.717) is 28.8 Å². The summed E-state index contributed by atoms with van der Waals surface area (Å²) in [6.45, 7) is 5.02. The number of hydrogen-bond donors (Lipinski definition) is 0. The summed E-state index contributed by atoms with van der Waals surface area (Å²) in [5.74, 6) is -0.0774. The van der Waals surface area contributed by atoms with Crippen LogP contribution in [-0.4, -0.2) is 24.7 Å². The minimum atomic E-state index is -0.0423. The summed E-state index contributed by atoms with van der Waals surface area (Å²) in [5, 5.41) is 0. The Morgan fingerprint density at radius 1 is 0.826 bits per heavy atom. The van der Waals surface area contributed by atoms with Crippen molar-refractivity contribution in [2.24, 2.45) is 0 Å². The normalized spacial score (nSPS) is 14.0. The highest BCUT2D eigenvalue weighted by Gasteiger charge is 2.30. The fourth-order valence-corrected chi connectivity index (χ4v) is 2.96. The van der Waals surface area contributed by atoms with E-state index in [1.54, 1.807) is 31.2 Å². The summed E-state index contributed by atoms with van der Waals surface area (Å²) in [6, 6.07) is 17.0. The van der Waals surface area contributed by atoms with E-state index in [2.05, 4.69) is 4.90 Å². The van der Waals surface area contributed by atoms with Gasteiger partial charge in [0, 0.05) is 41.1 Å². The van der Waals surface area contributed by atoms with Crippen LogP contribution >= 0.6 is 0 Å². The van der Waals surface area contributed by atoms with Crippen molar-refractivity contribution in [3.63, 3.8) is 0 Å². The second-order valence-corrected chi connectivity index (χ2v) is 5.66. The van der Waals surface area contributed by atoms with E-state index in [1.807, 2.05) is 37.3 Å². The smallest absolute Gasteiger partial charge is 0.191 e. The lowest BCUT2D eigenvalue weighted by Gasteiger charge is -2.27. The van der Waals surface area contributed by atoms with Crippen LogP contribution in [0.15, 0.2) is 65.7 Å². The zero-order valence-electron chi connectivity index (χ0n) is 13.4. The van der Waals surface area contributed by atoms with E-state index in [4.69, 9.17) is 0 Å². The Labute approximate surface area is 136 Å². The molecule has 2 aromatic carbocycles. The summed E-state index contributed by atoms with van der Waals surface area (Å²) in [4.78, 5) is 27.5. The number of likely N-dealkylation sites (N-methyl/N-ethyl adjacent to an activating group) is 1. The molecule has 3 rings (SSSR count). The minimum absolute atomic E-state index is 0.0351. The summed E-state index contributed by atoms with van der Waals surface area (Å²) >= 11 is 0. The van der Waals surface area contributed by atoms with Crippen LogP contribution in [0.5, 0.6) is 0 Å². The quantitative estimate of drug-likeness (QED) is 0.859. The maximum Gasteiger partial charge on any atom is 0.191 e. The van der Waals surface area contributed by atoms with Gasteiger partial charge < -0.3 is 4.90 Å². The Balaban J connectivity index is 1.98. The molecule has 0 saturated carbocycles. The zero-order valence-corrected chi connectivity index (χ0v) is 13.4. The molecule has 3 heteroatoms. The van der Waals surface area contributed by atoms with E-state index < -0.39 is 0 Å². The molecule has 0 saturated heterocycles. The van der Waals surface area contributed by atoms with Gasteiger partial charge >= 0.3 is 0 Å². The second-order valence-electron chi connectivity index (χ2n) is 5.66. The maximum atomic E-state index is 12.8. The van der Waals surface area contributed by atoms with Crippen LogP contribution in [0.2, 0.25) is 0 Å². The van der Waals surface area contributed by atoms with Gasteiger partial charge in [0.1, 0.15) is 0 Å². The molecule has 0 unspecified atom stereocenters. The number of carbonyl (C=O) groups excluding carboxylic acids is 2. The fraction of sp³-hybridized carbons (Fsp3) is 0.200. The van der Waals surface area contributed by atoms with Gasteiger partial charge in [-0.3, -0.25) is 9.59 Å². The van der Waals surface area contributed by atoms with Gasteiger partial charge in [0.25, 0.3) is 0 Å². The Bertz CT molecular complexity index is 790. The average Bonchev–Trinajstić information content (AvgIpc) is 2.61. The molecule has 0 N–H and O–H groups in total. The van der Waals surface area contributed by atoms with E-state index >= 15 is 0 Å². The lowest BCUT2D eigenvalue weighted by Crippen LogP contribution is -2.32. The lowest BCUT2D eigenvalue weighted by atomic mass is 9.84. The third-order valence-corrected chi connectivity index (χ3v) is 4.34. The Kier molecular flexibility index (Phi) is 4.11. The number of anilines is 1. The summed E-state index contributed by atoms with van der Waals surface area (Å²) in [7, 11) is 0. The number of carbonyl (C=O) groups is 2. The highest BCUT2D eigenvalue weighted by Crippen LogP contribution is 2.27. The van der Waals surface area contributed by atoms with Gasteiger partial charge in [0.15, 0.2) is 11.6 Å². The molecule has 0 aromatic heterocycles. The number of ketones is 2. The molecular formula is C20H19NO2. The number of Topliss-reactive ketones (excluding diaryl/α,β-unsaturated/α-hetero) is 2. The molecule has 2 aromatic rings. The first kappa shape index (κ1) is 15.2. The molecule has 1 aliphatic carbocycles. The third kappa shape index (κ3) is 2.70. The SMILES string of the molecule is CCN(CC1=C(C)C(=O)c2ccccc2C1=O)c1ccccc1.